The highest BCUT2D eigenvalue weighted by Gasteiger charge is 2.08. The van der Waals surface area contributed by atoms with Crippen molar-refractivity contribution in [3.05, 3.63) is 90.0 Å². The van der Waals surface area contributed by atoms with Crippen LogP contribution in [0, 0.1) is 0 Å². The lowest BCUT2D eigenvalue weighted by Crippen LogP contribution is -2.37. The fraction of sp³-hybridized carbons (Fsp3) is 0.217. The third-order valence-electron chi connectivity index (χ3n) is 4.58. The molecule has 1 unspecified atom stereocenters. The number of hydrogen-bond donors (Lipinski definition) is 2. The van der Waals surface area contributed by atoms with E-state index < -0.39 is 0 Å². The summed E-state index contributed by atoms with van der Waals surface area (Å²) in [6.07, 6.45) is 0.918. The Bertz CT molecular complexity index is 783. The molecule has 3 nitrogen and oxygen atoms in total. The zero-order valence-electron chi connectivity index (χ0n) is 15.2. The number of ether oxygens (including phenoxy) is 1. The predicted octanol–water partition coefficient (Wildman–Crippen LogP) is 4.02. The maximum Gasteiger partial charge on any atom is 0.118 e. The van der Waals surface area contributed by atoms with Crippen LogP contribution >= 0.6 is 0 Å². The Morgan fingerprint density at radius 1 is 0.808 bits per heavy atom. The normalized spacial score (nSPS) is 11.9. The van der Waals surface area contributed by atoms with E-state index in [4.69, 9.17) is 10.5 Å². The Morgan fingerprint density at radius 2 is 1.42 bits per heavy atom. The largest absolute Gasteiger partial charge is 0.497 e. The van der Waals surface area contributed by atoms with Crippen LogP contribution in [-0.2, 0) is 13.0 Å². The predicted molar refractivity (Wildman–Crippen MR) is 108 cm³/mol. The van der Waals surface area contributed by atoms with Crippen LogP contribution in [0.2, 0.25) is 0 Å². The molecule has 0 heterocycles. The van der Waals surface area contributed by atoms with E-state index in [1.807, 2.05) is 18.2 Å². The van der Waals surface area contributed by atoms with E-state index >= 15 is 0 Å². The molecular weight excluding hydrogens is 320 g/mol. The maximum atomic E-state index is 5.97. The van der Waals surface area contributed by atoms with Crippen molar-refractivity contribution >= 4 is 0 Å². The van der Waals surface area contributed by atoms with Crippen molar-refractivity contribution in [1.82, 2.24) is 5.32 Å². The molecule has 3 N–H and O–H groups in total. The van der Waals surface area contributed by atoms with E-state index in [1.165, 1.54) is 22.3 Å². The van der Waals surface area contributed by atoms with Gasteiger partial charge in [0.1, 0.15) is 5.75 Å². The molecule has 26 heavy (non-hydrogen) atoms. The second kappa shape index (κ2) is 9.18. The van der Waals surface area contributed by atoms with E-state index in [9.17, 15) is 0 Å². The first-order valence-electron chi connectivity index (χ1n) is 8.99. The van der Waals surface area contributed by atoms with Crippen molar-refractivity contribution < 1.29 is 4.74 Å². The summed E-state index contributed by atoms with van der Waals surface area (Å²) >= 11 is 0. The number of benzene rings is 3. The molecule has 1 atom stereocenters. The van der Waals surface area contributed by atoms with Gasteiger partial charge in [-0.2, -0.15) is 0 Å². The summed E-state index contributed by atoms with van der Waals surface area (Å²) in [5.41, 5.74) is 11.0. The summed E-state index contributed by atoms with van der Waals surface area (Å²) in [5, 5.41) is 3.55. The van der Waals surface area contributed by atoms with E-state index in [2.05, 4.69) is 66.0 Å². The molecule has 0 saturated heterocycles. The molecule has 0 radical (unpaired) electrons. The van der Waals surface area contributed by atoms with Gasteiger partial charge in [0, 0.05) is 19.1 Å². The van der Waals surface area contributed by atoms with Crippen LogP contribution in [0.4, 0.5) is 0 Å². The summed E-state index contributed by atoms with van der Waals surface area (Å²) in [4.78, 5) is 0. The fourth-order valence-corrected chi connectivity index (χ4v) is 2.99. The van der Waals surface area contributed by atoms with Crippen LogP contribution in [-0.4, -0.2) is 19.7 Å². The molecule has 0 saturated carbocycles. The van der Waals surface area contributed by atoms with Gasteiger partial charge in [-0.1, -0.05) is 66.7 Å². The standard InChI is InChI=1S/C23H26N2O/c1-26-23-13-9-19(10-14-23)17-25-22(16-24)15-18-7-11-21(12-8-18)20-5-3-2-4-6-20/h2-14,22,25H,15-17,24H2,1H3. The highest BCUT2D eigenvalue weighted by atomic mass is 16.5. The van der Waals surface area contributed by atoms with Crippen LogP contribution in [0.3, 0.4) is 0 Å². The van der Waals surface area contributed by atoms with Gasteiger partial charge in [0.2, 0.25) is 0 Å². The van der Waals surface area contributed by atoms with Crippen LogP contribution in [0.25, 0.3) is 11.1 Å². The molecule has 3 aromatic rings. The summed E-state index contributed by atoms with van der Waals surface area (Å²) in [6.45, 7) is 1.41. The van der Waals surface area contributed by atoms with Crippen LogP contribution in [0.1, 0.15) is 11.1 Å². The minimum Gasteiger partial charge on any atom is -0.497 e. The number of hydrogen-bond acceptors (Lipinski definition) is 3. The molecule has 0 amide bonds. The second-order valence-electron chi connectivity index (χ2n) is 6.43. The van der Waals surface area contributed by atoms with Gasteiger partial charge in [-0.05, 0) is 40.8 Å². The van der Waals surface area contributed by atoms with Gasteiger partial charge >= 0.3 is 0 Å². The molecule has 3 rings (SSSR count). The van der Waals surface area contributed by atoms with Gasteiger partial charge < -0.3 is 15.8 Å². The van der Waals surface area contributed by atoms with Gasteiger partial charge in [-0.25, -0.2) is 0 Å². The minimum atomic E-state index is 0.250. The molecule has 0 spiro atoms. The lowest BCUT2D eigenvalue weighted by molar-refractivity contribution is 0.414. The lowest BCUT2D eigenvalue weighted by atomic mass is 10.0. The number of nitrogens with one attached hydrogen (secondary N) is 1. The van der Waals surface area contributed by atoms with Crippen molar-refractivity contribution in [2.24, 2.45) is 5.73 Å². The van der Waals surface area contributed by atoms with E-state index in [0.29, 0.717) is 6.54 Å². The molecule has 134 valence electrons. The Kier molecular flexibility index (Phi) is 6.42. The van der Waals surface area contributed by atoms with E-state index in [-0.39, 0.29) is 6.04 Å². The highest BCUT2D eigenvalue weighted by molar-refractivity contribution is 5.63. The third-order valence-corrected chi connectivity index (χ3v) is 4.58. The van der Waals surface area contributed by atoms with Gasteiger partial charge in [-0.3, -0.25) is 0 Å². The van der Waals surface area contributed by atoms with Gasteiger partial charge in [0.25, 0.3) is 0 Å². The highest BCUT2D eigenvalue weighted by Crippen LogP contribution is 2.19. The Balaban J connectivity index is 1.57. The van der Waals surface area contributed by atoms with Crippen molar-refractivity contribution in [2.75, 3.05) is 13.7 Å². The molecule has 0 aliphatic rings. The zero-order chi connectivity index (χ0) is 18.2. The molecule has 3 heteroatoms. The molecule has 0 aliphatic carbocycles. The quantitative estimate of drug-likeness (QED) is 0.647. The Labute approximate surface area is 155 Å². The Morgan fingerprint density at radius 3 is 2.04 bits per heavy atom. The van der Waals surface area contributed by atoms with Crippen molar-refractivity contribution in [3.63, 3.8) is 0 Å². The first-order valence-corrected chi connectivity index (χ1v) is 8.99. The molecular formula is C23H26N2O. The summed E-state index contributed by atoms with van der Waals surface area (Å²) in [7, 11) is 1.68. The van der Waals surface area contributed by atoms with Crippen LogP contribution in [0.15, 0.2) is 78.9 Å². The molecule has 0 aromatic heterocycles. The SMILES string of the molecule is COc1ccc(CNC(CN)Cc2ccc(-c3ccccc3)cc2)cc1. The first kappa shape index (κ1) is 18.2. The fourth-order valence-electron chi connectivity index (χ4n) is 2.99. The lowest BCUT2D eigenvalue weighted by Gasteiger charge is -2.17. The molecule has 0 bridgehead atoms. The summed E-state index contributed by atoms with van der Waals surface area (Å²) in [6, 6.07) is 27.6. The van der Waals surface area contributed by atoms with E-state index in [0.717, 1.165) is 18.7 Å². The monoisotopic (exact) mass is 346 g/mol. The topological polar surface area (TPSA) is 47.3 Å². The third kappa shape index (κ3) is 4.94. The first-order chi connectivity index (χ1) is 12.8. The number of methoxy groups -OCH3 is 1. The van der Waals surface area contributed by atoms with Gasteiger partial charge in [0.15, 0.2) is 0 Å². The average Bonchev–Trinajstić information content (AvgIpc) is 2.72. The van der Waals surface area contributed by atoms with E-state index in [1.54, 1.807) is 7.11 Å². The van der Waals surface area contributed by atoms with Gasteiger partial charge in [-0.15, -0.1) is 0 Å². The number of rotatable bonds is 8. The van der Waals surface area contributed by atoms with Crippen LogP contribution in [0.5, 0.6) is 5.75 Å². The molecule has 0 fully saturated rings. The van der Waals surface area contributed by atoms with Crippen molar-refractivity contribution in [1.29, 1.82) is 0 Å². The van der Waals surface area contributed by atoms with Gasteiger partial charge in [0.05, 0.1) is 7.11 Å². The minimum absolute atomic E-state index is 0.250. The molecule has 3 aromatic carbocycles. The van der Waals surface area contributed by atoms with Crippen LogP contribution < -0.4 is 15.8 Å². The molecule has 0 aliphatic heterocycles. The smallest absolute Gasteiger partial charge is 0.118 e. The Hall–Kier alpha value is -2.62. The summed E-state index contributed by atoms with van der Waals surface area (Å²) in [5.74, 6) is 0.877. The second-order valence-corrected chi connectivity index (χ2v) is 6.43. The van der Waals surface area contributed by atoms with Crippen molar-refractivity contribution in [2.45, 2.75) is 19.0 Å². The number of nitrogens with two attached hydrogens (primary N) is 1. The van der Waals surface area contributed by atoms with Crippen molar-refractivity contribution in [3.8, 4) is 16.9 Å². The average molecular weight is 346 g/mol. The zero-order valence-corrected chi connectivity index (χ0v) is 15.2. The maximum absolute atomic E-state index is 5.97. The summed E-state index contributed by atoms with van der Waals surface area (Å²) < 4.78 is 5.20.